The molecule has 0 atom stereocenters. The maximum absolute atomic E-state index is 12.3. The number of esters is 1. The van der Waals surface area contributed by atoms with Gasteiger partial charge in [0.2, 0.25) is 0 Å². The Morgan fingerprint density at radius 1 is 1.41 bits per heavy atom. The van der Waals surface area contributed by atoms with E-state index >= 15 is 0 Å². The van der Waals surface area contributed by atoms with Crippen LogP contribution in [0.25, 0.3) is 6.08 Å². The molecule has 1 aliphatic heterocycles. The van der Waals surface area contributed by atoms with Gasteiger partial charge in [-0.25, -0.2) is 4.79 Å². The molecule has 2 heterocycles. The SMILES string of the molecule is CCOc1cc(C=C2SC(=S)N(C)C2=O)cc(Br)c1OC(=O)c1cccs1. The van der Waals surface area contributed by atoms with Crippen molar-refractivity contribution in [3.63, 3.8) is 0 Å². The van der Waals surface area contributed by atoms with E-state index in [0.717, 1.165) is 5.56 Å². The predicted octanol–water partition coefficient (Wildman–Crippen LogP) is 4.96. The van der Waals surface area contributed by atoms with Gasteiger partial charge in [-0.1, -0.05) is 30.0 Å². The highest BCUT2D eigenvalue weighted by atomic mass is 79.9. The molecule has 9 heteroatoms. The first kappa shape index (κ1) is 20.1. The van der Waals surface area contributed by atoms with Crippen LogP contribution in [0, 0.1) is 0 Å². The molecule has 0 aliphatic carbocycles. The number of thioether (sulfide) groups is 1. The minimum Gasteiger partial charge on any atom is -0.490 e. The maximum Gasteiger partial charge on any atom is 0.353 e. The van der Waals surface area contributed by atoms with Crippen molar-refractivity contribution in [1.82, 2.24) is 4.90 Å². The van der Waals surface area contributed by atoms with Gasteiger partial charge in [0.05, 0.1) is 16.0 Å². The van der Waals surface area contributed by atoms with Crippen molar-refractivity contribution in [2.75, 3.05) is 13.7 Å². The molecule has 1 aromatic heterocycles. The second-order valence-electron chi connectivity index (χ2n) is 5.37. The lowest BCUT2D eigenvalue weighted by Crippen LogP contribution is -2.22. The van der Waals surface area contributed by atoms with Crippen molar-refractivity contribution in [2.45, 2.75) is 6.92 Å². The molecule has 3 rings (SSSR count). The summed E-state index contributed by atoms with van der Waals surface area (Å²) in [5.74, 6) is 0.115. The average molecular weight is 484 g/mol. The van der Waals surface area contributed by atoms with Gasteiger partial charge in [-0.05, 0) is 58.1 Å². The summed E-state index contributed by atoms with van der Waals surface area (Å²) >= 11 is 11.1. The number of rotatable bonds is 5. The van der Waals surface area contributed by atoms with E-state index in [1.54, 1.807) is 37.4 Å². The Kier molecular flexibility index (Phi) is 6.36. The average Bonchev–Trinajstić information content (AvgIpc) is 3.24. The lowest BCUT2D eigenvalue weighted by atomic mass is 10.2. The lowest BCUT2D eigenvalue weighted by Gasteiger charge is -2.13. The minimum absolute atomic E-state index is 0.146. The summed E-state index contributed by atoms with van der Waals surface area (Å²) in [5.41, 5.74) is 0.732. The summed E-state index contributed by atoms with van der Waals surface area (Å²) in [5, 5.41) is 1.81. The standard InChI is InChI=1S/C18H14BrNO4S3/c1-3-23-12-8-10(9-14-16(21)20(2)18(25)27-14)7-11(19)15(12)24-17(22)13-5-4-6-26-13/h4-9H,3H2,1-2H3. The molecule has 1 fully saturated rings. The smallest absolute Gasteiger partial charge is 0.353 e. The second kappa shape index (κ2) is 8.55. The summed E-state index contributed by atoms with van der Waals surface area (Å²) in [6.07, 6.45) is 1.74. The minimum atomic E-state index is -0.453. The number of amides is 1. The third-order valence-corrected chi connectivity index (χ3v) is 6.46. The molecular weight excluding hydrogens is 470 g/mol. The van der Waals surface area contributed by atoms with Gasteiger partial charge < -0.3 is 9.47 Å². The normalized spacial score (nSPS) is 15.5. The highest BCUT2D eigenvalue weighted by Crippen LogP contribution is 2.39. The Hall–Kier alpha value is -1.68. The largest absolute Gasteiger partial charge is 0.490 e. The summed E-state index contributed by atoms with van der Waals surface area (Å²) in [4.78, 5) is 27.0. The van der Waals surface area contributed by atoms with Gasteiger partial charge in [0, 0.05) is 7.05 Å². The Labute approximate surface area is 178 Å². The number of hydrogen-bond acceptors (Lipinski definition) is 7. The van der Waals surface area contributed by atoms with Crippen LogP contribution in [-0.4, -0.2) is 34.8 Å². The fourth-order valence-corrected chi connectivity index (χ4v) is 4.59. The lowest BCUT2D eigenvalue weighted by molar-refractivity contribution is -0.121. The predicted molar refractivity (Wildman–Crippen MR) is 116 cm³/mol. The van der Waals surface area contributed by atoms with E-state index < -0.39 is 5.97 Å². The molecule has 0 N–H and O–H groups in total. The van der Waals surface area contributed by atoms with Crippen LogP contribution < -0.4 is 9.47 Å². The van der Waals surface area contributed by atoms with Crippen LogP contribution in [0.1, 0.15) is 22.2 Å². The monoisotopic (exact) mass is 483 g/mol. The van der Waals surface area contributed by atoms with Crippen molar-refractivity contribution < 1.29 is 19.1 Å². The third-order valence-electron chi connectivity index (χ3n) is 3.53. The molecule has 0 saturated carbocycles. The number of thiocarbonyl (C=S) groups is 1. The molecule has 1 aliphatic rings. The first-order chi connectivity index (χ1) is 12.9. The fourth-order valence-electron chi connectivity index (χ4n) is 2.27. The summed E-state index contributed by atoms with van der Waals surface area (Å²) < 4.78 is 12.2. The van der Waals surface area contributed by atoms with Crippen LogP contribution in [0.3, 0.4) is 0 Å². The highest BCUT2D eigenvalue weighted by Gasteiger charge is 2.29. The molecule has 2 aromatic rings. The summed E-state index contributed by atoms with van der Waals surface area (Å²) in [7, 11) is 1.65. The van der Waals surface area contributed by atoms with Crippen molar-refractivity contribution in [1.29, 1.82) is 0 Å². The number of ether oxygens (including phenoxy) is 2. The summed E-state index contributed by atoms with van der Waals surface area (Å²) in [6.45, 7) is 2.24. The zero-order valence-corrected chi connectivity index (χ0v) is 18.4. The first-order valence-corrected chi connectivity index (χ1v) is 10.7. The van der Waals surface area contributed by atoms with Crippen LogP contribution >= 0.6 is 51.2 Å². The Bertz CT molecular complexity index is 940. The quantitative estimate of drug-likeness (QED) is 0.259. The number of carbonyl (C=O) groups excluding carboxylic acids is 2. The van der Waals surface area contributed by atoms with E-state index in [9.17, 15) is 9.59 Å². The van der Waals surface area contributed by atoms with Crippen LogP contribution in [-0.2, 0) is 4.79 Å². The number of carbonyl (C=O) groups is 2. The van der Waals surface area contributed by atoms with E-state index in [2.05, 4.69) is 15.9 Å². The molecule has 27 heavy (non-hydrogen) atoms. The van der Waals surface area contributed by atoms with Gasteiger partial charge >= 0.3 is 5.97 Å². The zero-order chi connectivity index (χ0) is 19.6. The van der Waals surface area contributed by atoms with Crippen LogP contribution in [0.4, 0.5) is 0 Å². The van der Waals surface area contributed by atoms with Gasteiger partial charge in [0.1, 0.15) is 9.20 Å². The topological polar surface area (TPSA) is 55.8 Å². The molecule has 5 nitrogen and oxygen atoms in total. The Morgan fingerprint density at radius 3 is 2.78 bits per heavy atom. The number of nitrogens with zero attached hydrogens (tertiary/aromatic N) is 1. The zero-order valence-electron chi connectivity index (χ0n) is 14.4. The van der Waals surface area contributed by atoms with E-state index in [1.807, 2.05) is 12.3 Å². The van der Waals surface area contributed by atoms with Gasteiger partial charge in [0.15, 0.2) is 11.5 Å². The van der Waals surface area contributed by atoms with E-state index in [4.69, 9.17) is 21.7 Å². The fraction of sp³-hybridized carbons (Fsp3) is 0.167. The van der Waals surface area contributed by atoms with Gasteiger partial charge in [-0.15, -0.1) is 11.3 Å². The van der Waals surface area contributed by atoms with Crippen LogP contribution in [0.15, 0.2) is 39.0 Å². The van der Waals surface area contributed by atoms with E-state index in [0.29, 0.717) is 36.7 Å². The third kappa shape index (κ3) is 4.43. The molecular formula is C18H14BrNO4S3. The van der Waals surface area contributed by atoms with E-state index in [1.165, 1.54) is 28.0 Å². The van der Waals surface area contributed by atoms with Gasteiger partial charge in [-0.3, -0.25) is 9.69 Å². The highest BCUT2D eigenvalue weighted by molar-refractivity contribution is 9.10. The molecule has 0 bridgehead atoms. The number of halogens is 1. The Balaban J connectivity index is 1.94. The number of likely N-dealkylation sites (N-methyl/N-ethyl adjacent to an activating group) is 1. The van der Waals surface area contributed by atoms with Crippen LogP contribution in [0.5, 0.6) is 11.5 Å². The number of thiophene rings is 1. The molecule has 1 saturated heterocycles. The first-order valence-electron chi connectivity index (χ1n) is 7.84. The number of hydrogen-bond donors (Lipinski definition) is 0. The molecule has 1 amide bonds. The maximum atomic E-state index is 12.3. The van der Waals surface area contributed by atoms with Crippen molar-refractivity contribution in [3.05, 3.63) is 49.5 Å². The van der Waals surface area contributed by atoms with Gasteiger partial charge in [-0.2, -0.15) is 0 Å². The molecule has 140 valence electrons. The summed E-state index contributed by atoms with van der Waals surface area (Å²) in [6, 6.07) is 6.98. The molecule has 1 aromatic carbocycles. The van der Waals surface area contributed by atoms with Crippen molar-refractivity contribution in [2.24, 2.45) is 0 Å². The van der Waals surface area contributed by atoms with Crippen LogP contribution in [0.2, 0.25) is 0 Å². The molecule has 0 radical (unpaired) electrons. The molecule has 0 spiro atoms. The van der Waals surface area contributed by atoms with Crippen molar-refractivity contribution >= 4 is 73.5 Å². The Morgan fingerprint density at radius 2 is 2.19 bits per heavy atom. The van der Waals surface area contributed by atoms with Crippen molar-refractivity contribution in [3.8, 4) is 11.5 Å². The van der Waals surface area contributed by atoms with E-state index in [-0.39, 0.29) is 5.91 Å². The number of benzene rings is 1. The van der Waals surface area contributed by atoms with Gasteiger partial charge in [0.25, 0.3) is 5.91 Å². The molecule has 0 unspecified atom stereocenters. The second-order valence-corrected chi connectivity index (χ2v) is 8.85.